The van der Waals surface area contributed by atoms with Crippen molar-refractivity contribution in [3.8, 4) is 0 Å². The Kier molecular flexibility index (Phi) is 5.14. The Morgan fingerprint density at radius 2 is 1.83 bits per heavy atom. The largest absolute Gasteiger partial charge is 0.329 e. The first-order valence-electron chi connectivity index (χ1n) is 4.73. The molecule has 0 rings (SSSR count). The highest BCUT2D eigenvalue weighted by Crippen LogP contribution is 2.10. The van der Waals surface area contributed by atoms with Crippen LogP contribution in [-0.2, 0) is 4.79 Å². The number of hydrogen-bond acceptors (Lipinski definition) is 1. The molecule has 0 aliphatic carbocycles. The summed E-state index contributed by atoms with van der Waals surface area (Å²) < 4.78 is 1.01. The molecule has 0 saturated carbocycles. The van der Waals surface area contributed by atoms with Gasteiger partial charge in [0.2, 0.25) is 0 Å². The molecule has 0 saturated heterocycles. The van der Waals surface area contributed by atoms with Gasteiger partial charge in [-0.15, -0.1) is 0 Å². The van der Waals surface area contributed by atoms with E-state index in [1.165, 1.54) is 12.8 Å². The van der Waals surface area contributed by atoms with Gasteiger partial charge in [-0.25, -0.2) is 0 Å². The van der Waals surface area contributed by atoms with Crippen molar-refractivity contribution >= 4 is 6.29 Å². The Balaban J connectivity index is 3.44. The van der Waals surface area contributed by atoms with Gasteiger partial charge in [0, 0.05) is 6.42 Å². The summed E-state index contributed by atoms with van der Waals surface area (Å²) in [6.07, 6.45) is 5.18. The van der Waals surface area contributed by atoms with Crippen LogP contribution in [0.3, 0.4) is 0 Å². The standard InChI is InChI=1S/C10H22NO/c1-10(11(2,3)4)8-6-5-7-9-12/h9-10H,5-8H2,1-4H3/q+1. The first kappa shape index (κ1) is 11.6. The van der Waals surface area contributed by atoms with E-state index in [4.69, 9.17) is 0 Å². The summed E-state index contributed by atoms with van der Waals surface area (Å²) in [5.41, 5.74) is 0. The van der Waals surface area contributed by atoms with E-state index >= 15 is 0 Å². The molecule has 0 heterocycles. The minimum atomic E-state index is 0.691. The molecular formula is C10H22NO+. The molecule has 0 amide bonds. The SMILES string of the molecule is CC(CCCCC=O)[N+](C)(C)C. The molecule has 0 aliphatic heterocycles. The third-order valence-electron chi connectivity index (χ3n) is 2.52. The summed E-state index contributed by atoms with van der Waals surface area (Å²) in [4.78, 5) is 10.0. The molecule has 12 heavy (non-hydrogen) atoms. The van der Waals surface area contributed by atoms with E-state index in [9.17, 15) is 4.79 Å². The Morgan fingerprint density at radius 3 is 2.25 bits per heavy atom. The van der Waals surface area contributed by atoms with Gasteiger partial charge in [0.15, 0.2) is 0 Å². The summed E-state index contributed by atoms with van der Waals surface area (Å²) in [6.45, 7) is 2.26. The van der Waals surface area contributed by atoms with Gasteiger partial charge in [-0.05, 0) is 26.2 Å². The van der Waals surface area contributed by atoms with Gasteiger partial charge in [0.25, 0.3) is 0 Å². The number of nitrogens with zero attached hydrogens (tertiary/aromatic N) is 1. The highest BCUT2D eigenvalue weighted by Gasteiger charge is 2.16. The lowest BCUT2D eigenvalue weighted by atomic mass is 10.1. The molecule has 0 aromatic carbocycles. The maximum absolute atomic E-state index is 10.0. The lowest BCUT2D eigenvalue weighted by Crippen LogP contribution is -2.43. The van der Waals surface area contributed by atoms with Gasteiger partial charge >= 0.3 is 0 Å². The van der Waals surface area contributed by atoms with Crippen molar-refractivity contribution < 1.29 is 9.28 Å². The molecule has 1 atom stereocenters. The fourth-order valence-electron chi connectivity index (χ4n) is 1.05. The van der Waals surface area contributed by atoms with Crippen LogP contribution in [0.25, 0.3) is 0 Å². The van der Waals surface area contributed by atoms with Crippen molar-refractivity contribution in [1.29, 1.82) is 0 Å². The van der Waals surface area contributed by atoms with Crippen molar-refractivity contribution in [3.05, 3.63) is 0 Å². The average molecular weight is 172 g/mol. The summed E-state index contributed by atoms with van der Waals surface area (Å²) in [5.74, 6) is 0. The van der Waals surface area contributed by atoms with Crippen LogP contribution in [0.2, 0.25) is 0 Å². The lowest BCUT2D eigenvalue weighted by molar-refractivity contribution is -0.894. The predicted octanol–water partition coefficient (Wildman–Crippen LogP) is 1.84. The Labute approximate surface area is 76.2 Å². The molecule has 0 spiro atoms. The number of hydrogen-bond donors (Lipinski definition) is 0. The zero-order valence-electron chi connectivity index (χ0n) is 8.84. The fraction of sp³-hybridized carbons (Fsp3) is 0.900. The molecule has 0 aromatic heterocycles. The maximum atomic E-state index is 10.0. The lowest BCUT2D eigenvalue weighted by Gasteiger charge is -2.31. The Morgan fingerprint density at radius 1 is 1.25 bits per heavy atom. The first-order valence-corrected chi connectivity index (χ1v) is 4.73. The molecule has 72 valence electrons. The van der Waals surface area contributed by atoms with Gasteiger partial charge < -0.3 is 9.28 Å². The minimum absolute atomic E-state index is 0.691. The van der Waals surface area contributed by atoms with Crippen LogP contribution in [0.1, 0.15) is 32.6 Å². The van der Waals surface area contributed by atoms with Crippen LogP contribution in [0, 0.1) is 0 Å². The van der Waals surface area contributed by atoms with E-state index in [-0.39, 0.29) is 0 Å². The second-order valence-corrected chi connectivity index (χ2v) is 4.42. The topological polar surface area (TPSA) is 17.1 Å². The molecule has 2 heteroatoms. The van der Waals surface area contributed by atoms with Crippen LogP contribution in [0.4, 0.5) is 0 Å². The van der Waals surface area contributed by atoms with E-state index in [0.717, 1.165) is 23.6 Å². The monoisotopic (exact) mass is 172 g/mol. The van der Waals surface area contributed by atoms with E-state index in [1.54, 1.807) is 0 Å². The minimum Gasteiger partial charge on any atom is -0.329 e. The van der Waals surface area contributed by atoms with Crippen LogP contribution >= 0.6 is 0 Å². The van der Waals surface area contributed by atoms with Gasteiger partial charge in [0.05, 0.1) is 27.2 Å². The van der Waals surface area contributed by atoms with Crippen molar-refractivity contribution in [2.24, 2.45) is 0 Å². The van der Waals surface area contributed by atoms with Crippen LogP contribution < -0.4 is 0 Å². The molecule has 0 bridgehead atoms. The number of rotatable bonds is 6. The van der Waals surface area contributed by atoms with E-state index in [2.05, 4.69) is 28.1 Å². The highest BCUT2D eigenvalue weighted by atomic mass is 16.1. The smallest absolute Gasteiger partial charge is 0.119 e. The summed E-state index contributed by atoms with van der Waals surface area (Å²) in [7, 11) is 6.64. The van der Waals surface area contributed by atoms with Crippen LogP contribution in [0.15, 0.2) is 0 Å². The van der Waals surface area contributed by atoms with Crippen LogP contribution in [-0.4, -0.2) is 38.0 Å². The number of unbranched alkanes of at least 4 members (excludes halogenated alkanes) is 2. The first-order chi connectivity index (χ1) is 5.48. The summed E-state index contributed by atoms with van der Waals surface area (Å²) in [5, 5.41) is 0. The molecular weight excluding hydrogens is 150 g/mol. The second-order valence-electron chi connectivity index (χ2n) is 4.42. The average Bonchev–Trinajstić information content (AvgIpc) is 1.96. The molecule has 2 nitrogen and oxygen atoms in total. The zero-order valence-corrected chi connectivity index (χ0v) is 8.84. The molecule has 0 aliphatic rings. The maximum Gasteiger partial charge on any atom is 0.119 e. The normalized spacial score (nSPS) is 14.3. The zero-order chi connectivity index (χ0) is 9.61. The molecule has 0 N–H and O–H groups in total. The van der Waals surface area contributed by atoms with Gasteiger partial charge in [-0.2, -0.15) is 0 Å². The van der Waals surface area contributed by atoms with Gasteiger partial charge in [-0.1, -0.05) is 0 Å². The van der Waals surface area contributed by atoms with E-state index < -0.39 is 0 Å². The van der Waals surface area contributed by atoms with Crippen LogP contribution in [0.5, 0.6) is 0 Å². The third-order valence-corrected chi connectivity index (χ3v) is 2.52. The predicted molar refractivity (Wildman–Crippen MR) is 52.0 cm³/mol. The molecule has 1 unspecified atom stereocenters. The fourth-order valence-corrected chi connectivity index (χ4v) is 1.05. The van der Waals surface area contributed by atoms with Gasteiger partial charge in [0.1, 0.15) is 6.29 Å². The number of carbonyl (C=O) groups is 1. The van der Waals surface area contributed by atoms with Crippen molar-refractivity contribution in [1.82, 2.24) is 0 Å². The van der Waals surface area contributed by atoms with Crippen molar-refractivity contribution in [2.45, 2.75) is 38.6 Å². The van der Waals surface area contributed by atoms with E-state index in [0.29, 0.717) is 6.04 Å². The summed E-state index contributed by atoms with van der Waals surface area (Å²) >= 11 is 0. The van der Waals surface area contributed by atoms with E-state index in [1.807, 2.05) is 0 Å². The Hall–Kier alpha value is -0.370. The highest BCUT2D eigenvalue weighted by molar-refractivity contribution is 5.48. The molecule has 0 radical (unpaired) electrons. The Bertz CT molecular complexity index is 126. The second kappa shape index (κ2) is 5.31. The molecule has 0 aromatic rings. The van der Waals surface area contributed by atoms with Gasteiger partial charge in [-0.3, -0.25) is 0 Å². The number of quaternary nitrogens is 1. The number of aldehydes is 1. The van der Waals surface area contributed by atoms with Crippen molar-refractivity contribution in [3.63, 3.8) is 0 Å². The molecule has 0 fully saturated rings. The number of carbonyl (C=O) groups excluding carboxylic acids is 1. The third kappa shape index (κ3) is 5.30. The summed E-state index contributed by atoms with van der Waals surface area (Å²) in [6, 6.07) is 0.691. The quantitative estimate of drug-likeness (QED) is 0.339. The van der Waals surface area contributed by atoms with Crippen molar-refractivity contribution in [2.75, 3.05) is 21.1 Å².